The van der Waals surface area contributed by atoms with Gasteiger partial charge in [-0.15, -0.1) is 0 Å². The van der Waals surface area contributed by atoms with E-state index in [9.17, 15) is 0 Å². The molecule has 23 heavy (non-hydrogen) atoms. The van der Waals surface area contributed by atoms with Crippen LogP contribution in [0.1, 0.15) is 12.5 Å². The van der Waals surface area contributed by atoms with Crippen LogP contribution in [0, 0.1) is 0 Å². The highest BCUT2D eigenvalue weighted by Gasteiger charge is 2.02. The Hall–Kier alpha value is -1.18. The summed E-state index contributed by atoms with van der Waals surface area (Å²) < 4.78 is 21.5. The molecule has 0 heterocycles. The van der Waals surface area contributed by atoms with Crippen molar-refractivity contribution in [3.05, 3.63) is 29.8 Å². The van der Waals surface area contributed by atoms with Crippen molar-refractivity contribution < 1.29 is 24.1 Å². The Morgan fingerprint density at radius 2 is 1.48 bits per heavy atom. The highest BCUT2D eigenvalue weighted by atomic mass is 16.6. The van der Waals surface area contributed by atoms with E-state index in [-0.39, 0.29) is 12.6 Å². The molecule has 1 atom stereocenters. The lowest BCUT2D eigenvalue weighted by atomic mass is 10.1. The maximum atomic E-state index is 8.93. The zero-order valence-corrected chi connectivity index (χ0v) is 13.9. The smallest absolute Gasteiger partial charge is 0.119 e. The third kappa shape index (κ3) is 10.3. The number of ether oxygens (including phenoxy) is 4. The van der Waals surface area contributed by atoms with E-state index in [1.54, 1.807) is 0 Å². The van der Waals surface area contributed by atoms with E-state index in [1.165, 1.54) is 0 Å². The van der Waals surface area contributed by atoms with Crippen molar-refractivity contribution in [3.8, 4) is 5.75 Å². The normalized spacial score (nSPS) is 12.3. The van der Waals surface area contributed by atoms with Gasteiger partial charge in [-0.3, -0.25) is 0 Å². The van der Waals surface area contributed by atoms with Gasteiger partial charge < -0.3 is 29.8 Å². The lowest BCUT2D eigenvalue weighted by Crippen LogP contribution is -2.26. The van der Waals surface area contributed by atoms with Crippen LogP contribution in [0.15, 0.2) is 24.3 Å². The summed E-state index contributed by atoms with van der Waals surface area (Å²) in [6, 6.07) is 7.49. The summed E-state index contributed by atoms with van der Waals surface area (Å²) in [6.45, 7) is 6.01. The van der Waals surface area contributed by atoms with Gasteiger partial charge in [-0.05, 0) is 31.0 Å². The molecule has 1 aromatic rings. The Balaban J connectivity index is 2.01. The van der Waals surface area contributed by atoms with Crippen LogP contribution < -0.4 is 10.5 Å². The van der Waals surface area contributed by atoms with E-state index < -0.39 is 0 Å². The molecule has 6 nitrogen and oxygen atoms in total. The second-order valence-electron chi connectivity index (χ2n) is 5.06. The largest absolute Gasteiger partial charge is 0.491 e. The minimum atomic E-state index is -0.217. The Bertz CT molecular complexity index is 385. The minimum absolute atomic E-state index is 0.00900. The molecule has 0 aromatic heterocycles. The van der Waals surface area contributed by atoms with Crippen molar-refractivity contribution >= 4 is 0 Å². The molecule has 0 aliphatic rings. The van der Waals surface area contributed by atoms with Crippen molar-refractivity contribution in [2.45, 2.75) is 19.4 Å². The third-order valence-electron chi connectivity index (χ3n) is 3.10. The summed E-state index contributed by atoms with van der Waals surface area (Å²) in [7, 11) is 0. The first kappa shape index (κ1) is 19.9. The lowest BCUT2D eigenvalue weighted by molar-refractivity contribution is 0.0114. The summed E-state index contributed by atoms with van der Waals surface area (Å²) >= 11 is 0. The zero-order chi connectivity index (χ0) is 16.8. The van der Waals surface area contributed by atoms with Gasteiger partial charge in [0.05, 0.1) is 39.6 Å². The van der Waals surface area contributed by atoms with Gasteiger partial charge in [0.1, 0.15) is 12.4 Å². The molecular formula is C17H29NO5. The molecule has 0 amide bonds. The van der Waals surface area contributed by atoms with Gasteiger partial charge in [-0.25, -0.2) is 0 Å². The first-order chi connectivity index (χ1) is 11.3. The minimum Gasteiger partial charge on any atom is -0.491 e. The van der Waals surface area contributed by atoms with Gasteiger partial charge in [-0.1, -0.05) is 12.1 Å². The van der Waals surface area contributed by atoms with Crippen LogP contribution in [-0.4, -0.2) is 64.0 Å². The molecule has 0 saturated carbocycles. The average Bonchev–Trinajstić information content (AvgIpc) is 2.58. The van der Waals surface area contributed by atoms with E-state index in [4.69, 9.17) is 29.8 Å². The standard InChI is InChI=1S/C17H29NO5/c1-2-20-7-8-21-9-10-22-11-12-23-17-5-3-15(4-6-17)13-16(18)14-19/h3-6,16,19H,2,7-14,18H2,1H3. The van der Waals surface area contributed by atoms with Gasteiger partial charge in [0.25, 0.3) is 0 Å². The summed E-state index contributed by atoms with van der Waals surface area (Å²) in [4.78, 5) is 0. The summed E-state index contributed by atoms with van der Waals surface area (Å²) in [6.07, 6.45) is 0.656. The number of hydrogen-bond acceptors (Lipinski definition) is 6. The molecule has 0 aliphatic carbocycles. The van der Waals surface area contributed by atoms with E-state index in [0.717, 1.165) is 11.3 Å². The molecular weight excluding hydrogens is 298 g/mol. The molecule has 1 aromatic carbocycles. The zero-order valence-electron chi connectivity index (χ0n) is 13.9. The predicted molar refractivity (Wildman–Crippen MR) is 88.8 cm³/mol. The van der Waals surface area contributed by atoms with Gasteiger partial charge in [-0.2, -0.15) is 0 Å². The topological polar surface area (TPSA) is 83.2 Å². The number of aliphatic hydroxyl groups excluding tert-OH is 1. The Labute approximate surface area is 138 Å². The molecule has 0 saturated heterocycles. The molecule has 0 aliphatic heterocycles. The fourth-order valence-electron chi connectivity index (χ4n) is 1.89. The summed E-state index contributed by atoms with van der Waals surface area (Å²) in [5, 5.41) is 8.93. The second kappa shape index (κ2) is 13.3. The number of aliphatic hydroxyl groups is 1. The molecule has 0 bridgehead atoms. The Kier molecular flexibility index (Phi) is 11.5. The third-order valence-corrected chi connectivity index (χ3v) is 3.10. The van der Waals surface area contributed by atoms with Crippen molar-refractivity contribution in [2.24, 2.45) is 5.73 Å². The van der Waals surface area contributed by atoms with E-state index in [1.807, 2.05) is 31.2 Å². The molecule has 1 rings (SSSR count). The molecule has 0 spiro atoms. The summed E-state index contributed by atoms with van der Waals surface area (Å²) in [5.41, 5.74) is 6.78. The maximum Gasteiger partial charge on any atom is 0.119 e. The number of nitrogens with two attached hydrogens (primary N) is 1. The van der Waals surface area contributed by atoms with Crippen LogP contribution in [-0.2, 0) is 20.6 Å². The fourth-order valence-corrected chi connectivity index (χ4v) is 1.89. The molecule has 0 radical (unpaired) electrons. The van der Waals surface area contributed by atoms with E-state index in [2.05, 4.69) is 0 Å². The molecule has 3 N–H and O–H groups in total. The SMILES string of the molecule is CCOCCOCCOCCOc1ccc(CC(N)CO)cc1. The van der Waals surface area contributed by atoms with Crippen molar-refractivity contribution in [1.82, 2.24) is 0 Å². The first-order valence-corrected chi connectivity index (χ1v) is 8.07. The molecule has 1 unspecified atom stereocenters. The van der Waals surface area contributed by atoms with Gasteiger partial charge in [0, 0.05) is 12.6 Å². The quantitative estimate of drug-likeness (QED) is 0.496. The first-order valence-electron chi connectivity index (χ1n) is 8.07. The average molecular weight is 327 g/mol. The van der Waals surface area contributed by atoms with E-state index in [0.29, 0.717) is 52.7 Å². The Morgan fingerprint density at radius 3 is 2.04 bits per heavy atom. The van der Waals surface area contributed by atoms with Gasteiger partial charge in [0.2, 0.25) is 0 Å². The van der Waals surface area contributed by atoms with Crippen LogP contribution in [0.4, 0.5) is 0 Å². The highest BCUT2D eigenvalue weighted by Crippen LogP contribution is 2.13. The lowest BCUT2D eigenvalue weighted by Gasteiger charge is -2.10. The van der Waals surface area contributed by atoms with Crippen molar-refractivity contribution in [2.75, 3.05) is 52.9 Å². The monoisotopic (exact) mass is 327 g/mol. The highest BCUT2D eigenvalue weighted by molar-refractivity contribution is 5.27. The van der Waals surface area contributed by atoms with Crippen LogP contribution in [0.5, 0.6) is 5.75 Å². The van der Waals surface area contributed by atoms with Crippen LogP contribution in [0.3, 0.4) is 0 Å². The molecule has 0 fully saturated rings. The predicted octanol–water partition coefficient (Wildman–Crippen LogP) is 0.997. The fraction of sp³-hybridized carbons (Fsp3) is 0.647. The van der Waals surface area contributed by atoms with Crippen LogP contribution >= 0.6 is 0 Å². The van der Waals surface area contributed by atoms with Gasteiger partial charge >= 0.3 is 0 Å². The molecule has 132 valence electrons. The summed E-state index contributed by atoms with van der Waals surface area (Å²) in [5.74, 6) is 0.794. The van der Waals surface area contributed by atoms with Crippen LogP contribution in [0.25, 0.3) is 0 Å². The van der Waals surface area contributed by atoms with Crippen molar-refractivity contribution in [1.29, 1.82) is 0 Å². The molecule has 6 heteroatoms. The van der Waals surface area contributed by atoms with Gasteiger partial charge in [0.15, 0.2) is 0 Å². The second-order valence-corrected chi connectivity index (χ2v) is 5.06. The van der Waals surface area contributed by atoms with E-state index >= 15 is 0 Å². The number of benzene rings is 1. The van der Waals surface area contributed by atoms with Crippen molar-refractivity contribution in [3.63, 3.8) is 0 Å². The van der Waals surface area contributed by atoms with Crippen LogP contribution in [0.2, 0.25) is 0 Å². The Morgan fingerprint density at radius 1 is 0.913 bits per heavy atom. The number of rotatable bonds is 14. The maximum absolute atomic E-state index is 8.93. The number of hydrogen-bond donors (Lipinski definition) is 2.